The molecule has 1 aliphatic heterocycles. The normalized spacial score (nSPS) is 19.5. The molecular weight excluding hydrogens is 375 g/mol. The van der Waals surface area contributed by atoms with E-state index in [4.69, 9.17) is 17.3 Å². The molecule has 134 valence electrons. The van der Waals surface area contributed by atoms with Crippen LogP contribution in [-0.4, -0.2) is 35.7 Å². The van der Waals surface area contributed by atoms with Crippen LogP contribution in [-0.2, 0) is 4.79 Å². The predicted octanol–water partition coefficient (Wildman–Crippen LogP) is 4.20. The van der Waals surface area contributed by atoms with Gasteiger partial charge in [0.1, 0.15) is 0 Å². The first kappa shape index (κ1) is 20.1. The summed E-state index contributed by atoms with van der Waals surface area (Å²) in [5.74, 6) is 1.12. The van der Waals surface area contributed by atoms with Gasteiger partial charge in [-0.15, -0.1) is 24.2 Å². The summed E-state index contributed by atoms with van der Waals surface area (Å²) in [7, 11) is 0. The van der Waals surface area contributed by atoms with Crippen LogP contribution in [0.4, 0.5) is 0 Å². The molecule has 3 rings (SSSR count). The second kappa shape index (κ2) is 9.48. The smallest absolute Gasteiger partial charge is 0.223 e. The Morgan fingerprint density at radius 1 is 1.12 bits per heavy atom. The van der Waals surface area contributed by atoms with Gasteiger partial charge in [0.05, 0.1) is 5.02 Å². The summed E-state index contributed by atoms with van der Waals surface area (Å²) in [6, 6.07) is 17.9. The molecule has 1 fully saturated rings. The van der Waals surface area contributed by atoms with Crippen LogP contribution >= 0.6 is 35.8 Å². The summed E-state index contributed by atoms with van der Waals surface area (Å²) in [5.41, 5.74) is 7.48. The molecule has 0 unspecified atom stereocenters. The van der Waals surface area contributed by atoms with Crippen molar-refractivity contribution in [2.24, 2.45) is 5.73 Å². The zero-order valence-corrected chi connectivity index (χ0v) is 16.2. The highest BCUT2D eigenvalue weighted by Crippen LogP contribution is 2.29. The zero-order chi connectivity index (χ0) is 16.9. The van der Waals surface area contributed by atoms with Crippen molar-refractivity contribution in [3.05, 3.63) is 65.2 Å². The molecule has 3 nitrogen and oxygen atoms in total. The van der Waals surface area contributed by atoms with E-state index < -0.39 is 0 Å². The summed E-state index contributed by atoms with van der Waals surface area (Å²) in [6.45, 7) is 1.34. The van der Waals surface area contributed by atoms with E-state index in [9.17, 15) is 4.79 Å². The van der Waals surface area contributed by atoms with E-state index in [-0.39, 0.29) is 30.3 Å². The second-order valence-corrected chi connectivity index (χ2v) is 7.55. The van der Waals surface area contributed by atoms with Crippen LogP contribution in [0.3, 0.4) is 0 Å². The standard InChI is InChI=1S/C19H21ClN2OS.ClH/c20-16-8-4-5-9-18(16)24-11-10-19(23)22-12-15(17(21)13-22)14-6-2-1-3-7-14;/h1-9,15,17H,10-13,21H2;1H/t15-,17+;/m0./s1. The minimum absolute atomic E-state index is 0. The van der Waals surface area contributed by atoms with E-state index in [0.29, 0.717) is 19.5 Å². The highest BCUT2D eigenvalue weighted by molar-refractivity contribution is 7.99. The number of halogens is 2. The summed E-state index contributed by atoms with van der Waals surface area (Å²) in [5, 5.41) is 0.738. The van der Waals surface area contributed by atoms with Gasteiger partial charge in [0.15, 0.2) is 0 Å². The SMILES string of the molecule is Cl.N[C@@H]1CN(C(=O)CCSc2ccccc2Cl)C[C@H]1c1ccccc1. The molecule has 1 heterocycles. The Morgan fingerprint density at radius 3 is 2.52 bits per heavy atom. The molecule has 0 aromatic heterocycles. The lowest BCUT2D eigenvalue weighted by atomic mass is 9.95. The van der Waals surface area contributed by atoms with Crippen LogP contribution in [0.1, 0.15) is 17.9 Å². The topological polar surface area (TPSA) is 46.3 Å². The Labute approximate surface area is 164 Å². The average Bonchev–Trinajstić information content (AvgIpc) is 2.99. The molecule has 0 aliphatic carbocycles. The first-order chi connectivity index (χ1) is 11.6. The number of hydrogen-bond donors (Lipinski definition) is 1. The van der Waals surface area contributed by atoms with Gasteiger partial charge in [-0.05, 0) is 17.7 Å². The number of amides is 1. The van der Waals surface area contributed by atoms with Crippen molar-refractivity contribution in [2.45, 2.75) is 23.3 Å². The van der Waals surface area contributed by atoms with Gasteiger partial charge in [0.25, 0.3) is 0 Å². The fraction of sp³-hybridized carbons (Fsp3) is 0.316. The fourth-order valence-electron chi connectivity index (χ4n) is 3.05. The highest BCUT2D eigenvalue weighted by atomic mass is 35.5. The van der Waals surface area contributed by atoms with Gasteiger partial charge >= 0.3 is 0 Å². The lowest BCUT2D eigenvalue weighted by Crippen LogP contribution is -2.32. The number of carbonyl (C=O) groups is 1. The number of rotatable bonds is 5. The molecule has 1 saturated heterocycles. The quantitative estimate of drug-likeness (QED) is 0.770. The van der Waals surface area contributed by atoms with Gasteiger partial charge < -0.3 is 10.6 Å². The molecule has 2 atom stereocenters. The maximum atomic E-state index is 12.5. The van der Waals surface area contributed by atoms with Crippen LogP contribution in [0, 0.1) is 0 Å². The Bertz CT molecular complexity index is 699. The maximum absolute atomic E-state index is 12.5. The van der Waals surface area contributed by atoms with Gasteiger partial charge in [-0.1, -0.05) is 54.1 Å². The molecule has 1 aliphatic rings. The van der Waals surface area contributed by atoms with E-state index in [2.05, 4.69) is 12.1 Å². The summed E-state index contributed by atoms with van der Waals surface area (Å²) < 4.78 is 0. The summed E-state index contributed by atoms with van der Waals surface area (Å²) >= 11 is 7.76. The molecule has 0 radical (unpaired) electrons. The Kier molecular flexibility index (Phi) is 7.63. The highest BCUT2D eigenvalue weighted by Gasteiger charge is 2.33. The van der Waals surface area contributed by atoms with E-state index in [1.54, 1.807) is 11.8 Å². The van der Waals surface area contributed by atoms with Crippen LogP contribution in [0.25, 0.3) is 0 Å². The molecule has 0 spiro atoms. The van der Waals surface area contributed by atoms with Crippen LogP contribution in [0.5, 0.6) is 0 Å². The van der Waals surface area contributed by atoms with Crippen molar-refractivity contribution in [3.63, 3.8) is 0 Å². The molecule has 0 bridgehead atoms. The van der Waals surface area contributed by atoms with Crippen molar-refractivity contribution < 1.29 is 4.79 Å². The van der Waals surface area contributed by atoms with E-state index in [1.807, 2.05) is 47.4 Å². The minimum Gasteiger partial charge on any atom is -0.340 e. The van der Waals surface area contributed by atoms with Crippen molar-refractivity contribution in [1.82, 2.24) is 4.90 Å². The number of nitrogens with two attached hydrogens (primary N) is 1. The summed E-state index contributed by atoms with van der Waals surface area (Å²) in [6.07, 6.45) is 0.504. The number of nitrogens with zero attached hydrogens (tertiary/aromatic N) is 1. The average molecular weight is 397 g/mol. The predicted molar refractivity (Wildman–Crippen MR) is 108 cm³/mol. The molecule has 0 saturated carbocycles. The van der Waals surface area contributed by atoms with E-state index in [0.717, 1.165) is 15.7 Å². The van der Waals surface area contributed by atoms with Gasteiger partial charge in [0, 0.05) is 42.1 Å². The van der Waals surface area contributed by atoms with Crippen LogP contribution in [0.15, 0.2) is 59.5 Å². The van der Waals surface area contributed by atoms with E-state index in [1.165, 1.54) is 5.56 Å². The van der Waals surface area contributed by atoms with Crippen LogP contribution < -0.4 is 5.73 Å². The number of thioether (sulfide) groups is 1. The number of hydrogen-bond acceptors (Lipinski definition) is 3. The number of benzene rings is 2. The Balaban J connectivity index is 0.00000225. The van der Waals surface area contributed by atoms with Crippen molar-refractivity contribution in [2.75, 3.05) is 18.8 Å². The first-order valence-electron chi connectivity index (χ1n) is 8.11. The van der Waals surface area contributed by atoms with Crippen LogP contribution in [0.2, 0.25) is 5.02 Å². The van der Waals surface area contributed by atoms with Crippen molar-refractivity contribution in [3.8, 4) is 0 Å². The van der Waals surface area contributed by atoms with Gasteiger partial charge in [-0.25, -0.2) is 0 Å². The number of carbonyl (C=O) groups excluding carboxylic acids is 1. The molecular formula is C19H22Cl2N2OS. The molecule has 1 amide bonds. The van der Waals surface area contributed by atoms with Crippen molar-refractivity contribution >= 4 is 41.7 Å². The monoisotopic (exact) mass is 396 g/mol. The third kappa shape index (κ3) is 5.14. The van der Waals surface area contributed by atoms with Crippen molar-refractivity contribution in [1.29, 1.82) is 0 Å². The Morgan fingerprint density at radius 2 is 1.80 bits per heavy atom. The Hall–Kier alpha value is -1.20. The molecule has 6 heteroatoms. The second-order valence-electron chi connectivity index (χ2n) is 6.01. The molecule has 2 aromatic rings. The summed E-state index contributed by atoms with van der Waals surface area (Å²) in [4.78, 5) is 15.4. The largest absolute Gasteiger partial charge is 0.340 e. The van der Waals surface area contributed by atoms with Gasteiger partial charge in [-0.2, -0.15) is 0 Å². The van der Waals surface area contributed by atoms with Gasteiger partial charge in [-0.3, -0.25) is 4.79 Å². The number of likely N-dealkylation sites (tertiary alicyclic amines) is 1. The third-order valence-electron chi connectivity index (χ3n) is 4.36. The third-order valence-corrected chi connectivity index (χ3v) is 5.87. The lowest BCUT2D eigenvalue weighted by molar-refractivity contribution is -0.129. The zero-order valence-electron chi connectivity index (χ0n) is 13.8. The molecule has 2 aromatic carbocycles. The first-order valence-corrected chi connectivity index (χ1v) is 9.47. The van der Waals surface area contributed by atoms with Gasteiger partial charge in [0.2, 0.25) is 5.91 Å². The molecule has 25 heavy (non-hydrogen) atoms. The fourth-order valence-corrected chi connectivity index (χ4v) is 4.23. The molecule has 2 N–H and O–H groups in total. The lowest BCUT2D eigenvalue weighted by Gasteiger charge is -2.16. The maximum Gasteiger partial charge on any atom is 0.223 e. The minimum atomic E-state index is 0. The van der Waals surface area contributed by atoms with E-state index >= 15 is 0 Å².